The van der Waals surface area contributed by atoms with Gasteiger partial charge in [-0.05, 0) is 47.9 Å². The lowest BCUT2D eigenvalue weighted by Gasteiger charge is -2.16. The van der Waals surface area contributed by atoms with Crippen LogP contribution in [0.1, 0.15) is 27.0 Å². The van der Waals surface area contributed by atoms with Crippen LogP contribution in [0.15, 0.2) is 83.5 Å². The Kier molecular flexibility index (Phi) is 7.01. The molecule has 0 aromatic heterocycles. The molecule has 0 unspecified atom stereocenters. The van der Waals surface area contributed by atoms with Crippen molar-refractivity contribution in [2.24, 2.45) is 0 Å². The molecule has 4 rings (SSSR count). The Balaban J connectivity index is 1.38. The van der Waals surface area contributed by atoms with Crippen molar-refractivity contribution in [2.45, 2.75) is 20.0 Å². The monoisotopic (exact) mass is 493 g/mol. The molecule has 172 valence electrons. The summed E-state index contributed by atoms with van der Waals surface area (Å²) in [6.45, 7) is 2.21. The van der Waals surface area contributed by atoms with Gasteiger partial charge in [0.25, 0.3) is 17.7 Å². The fourth-order valence-electron chi connectivity index (χ4n) is 3.51. The normalized spacial score (nSPS) is 13.4. The zero-order valence-electron chi connectivity index (χ0n) is 18.3. The Morgan fingerprint density at radius 1 is 0.882 bits per heavy atom. The van der Waals surface area contributed by atoms with Crippen LogP contribution in [-0.2, 0) is 22.7 Å². The van der Waals surface area contributed by atoms with E-state index in [1.54, 1.807) is 48.5 Å². The van der Waals surface area contributed by atoms with Crippen molar-refractivity contribution in [1.82, 2.24) is 10.2 Å². The van der Waals surface area contributed by atoms with Gasteiger partial charge < -0.3 is 10.6 Å². The summed E-state index contributed by atoms with van der Waals surface area (Å²) in [6, 6.07) is 21.5. The largest absolute Gasteiger partial charge is 0.375 e. The SMILES string of the molecule is Cc1ccccc1NC(=O)c1ccc(CNC2=C(Cl)C(=O)N(Cc3ccccc3Cl)C2=O)cc1. The number of amides is 3. The number of imide groups is 1. The van der Waals surface area contributed by atoms with E-state index in [4.69, 9.17) is 23.2 Å². The molecule has 2 N–H and O–H groups in total. The number of carbonyl (C=O) groups excluding carboxylic acids is 3. The van der Waals surface area contributed by atoms with Gasteiger partial charge in [-0.1, -0.05) is 71.7 Å². The number of anilines is 1. The Bertz CT molecular complexity index is 1300. The maximum absolute atomic E-state index is 12.8. The van der Waals surface area contributed by atoms with Crippen molar-refractivity contribution in [3.8, 4) is 0 Å². The lowest BCUT2D eigenvalue weighted by molar-refractivity contribution is -0.138. The average Bonchev–Trinajstić information content (AvgIpc) is 3.03. The number of halogens is 2. The molecule has 0 saturated carbocycles. The van der Waals surface area contributed by atoms with Crippen LogP contribution in [0.5, 0.6) is 0 Å². The Labute approximate surface area is 207 Å². The van der Waals surface area contributed by atoms with Gasteiger partial charge in [-0.15, -0.1) is 0 Å². The van der Waals surface area contributed by atoms with Crippen LogP contribution in [0.25, 0.3) is 0 Å². The van der Waals surface area contributed by atoms with Gasteiger partial charge in [-0.25, -0.2) is 0 Å². The van der Waals surface area contributed by atoms with Gasteiger partial charge in [-0.3, -0.25) is 19.3 Å². The first kappa shape index (κ1) is 23.5. The molecular formula is C26H21Cl2N3O3. The Hall–Kier alpha value is -3.61. The van der Waals surface area contributed by atoms with E-state index in [0.717, 1.165) is 21.7 Å². The topological polar surface area (TPSA) is 78.5 Å². The van der Waals surface area contributed by atoms with Crippen molar-refractivity contribution in [3.05, 3.63) is 111 Å². The van der Waals surface area contributed by atoms with Crippen LogP contribution in [0.4, 0.5) is 5.69 Å². The summed E-state index contributed by atoms with van der Waals surface area (Å²) in [6.07, 6.45) is 0. The molecule has 8 heteroatoms. The maximum atomic E-state index is 12.8. The summed E-state index contributed by atoms with van der Waals surface area (Å²) < 4.78 is 0. The Morgan fingerprint density at radius 3 is 2.26 bits per heavy atom. The van der Waals surface area contributed by atoms with Crippen LogP contribution < -0.4 is 10.6 Å². The minimum absolute atomic E-state index is 0.0312. The van der Waals surface area contributed by atoms with Gasteiger partial charge in [0.1, 0.15) is 10.7 Å². The van der Waals surface area contributed by atoms with Crippen molar-refractivity contribution < 1.29 is 14.4 Å². The van der Waals surface area contributed by atoms with E-state index < -0.39 is 11.8 Å². The molecule has 1 aliphatic rings. The number of nitrogens with zero attached hydrogens (tertiary/aromatic N) is 1. The molecule has 0 bridgehead atoms. The van der Waals surface area contributed by atoms with E-state index in [2.05, 4.69) is 10.6 Å². The number of benzene rings is 3. The van der Waals surface area contributed by atoms with Crippen molar-refractivity contribution >= 4 is 46.6 Å². The van der Waals surface area contributed by atoms with Crippen LogP contribution in [-0.4, -0.2) is 22.6 Å². The van der Waals surface area contributed by atoms with Gasteiger partial charge in [0.15, 0.2) is 0 Å². The van der Waals surface area contributed by atoms with Gasteiger partial charge in [0.05, 0.1) is 6.54 Å². The molecule has 3 aromatic rings. The molecule has 6 nitrogen and oxygen atoms in total. The first-order chi connectivity index (χ1) is 16.3. The zero-order chi connectivity index (χ0) is 24.2. The molecule has 0 radical (unpaired) electrons. The molecule has 0 fully saturated rings. The predicted octanol–water partition coefficient (Wildman–Crippen LogP) is 5.01. The minimum atomic E-state index is -0.572. The summed E-state index contributed by atoms with van der Waals surface area (Å²) in [7, 11) is 0. The number of para-hydroxylation sites is 1. The third-order valence-electron chi connectivity index (χ3n) is 5.48. The number of hydrogen-bond donors (Lipinski definition) is 2. The summed E-state index contributed by atoms with van der Waals surface area (Å²) >= 11 is 12.3. The molecule has 0 aliphatic carbocycles. The van der Waals surface area contributed by atoms with Crippen molar-refractivity contribution in [1.29, 1.82) is 0 Å². The van der Waals surface area contributed by atoms with E-state index in [-0.39, 0.29) is 29.7 Å². The van der Waals surface area contributed by atoms with Crippen molar-refractivity contribution in [2.75, 3.05) is 5.32 Å². The second kappa shape index (κ2) is 10.1. The molecule has 1 heterocycles. The third kappa shape index (κ3) is 4.98. The predicted molar refractivity (Wildman–Crippen MR) is 132 cm³/mol. The van der Waals surface area contributed by atoms with E-state index in [9.17, 15) is 14.4 Å². The summed E-state index contributed by atoms with van der Waals surface area (Å²) in [5, 5.41) is 6.15. The van der Waals surface area contributed by atoms with Crippen molar-refractivity contribution in [3.63, 3.8) is 0 Å². The highest BCUT2D eigenvalue weighted by Gasteiger charge is 2.37. The highest BCUT2D eigenvalue weighted by atomic mass is 35.5. The highest BCUT2D eigenvalue weighted by Crippen LogP contribution is 2.26. The van der Waals surface area contributed by atoms with Crippen LogP contribution in [0.2, 0.25) is 5.02 Å². The molecule has 0 spiro atoms. The molecule has 3 aromatic carbocycles. The van der Waals surface area contributed by atoms with E-state index in [1.165, 1.54) is 0 Å². The van der Waals surface area contributed by atoms with Crippen LogP contribution in [0, 0.1) is 6.92 Å². The number of carbonyl (C=O) groups is 3. The maximum Gasteiger partial charge on any atom is 0.278 e. The fourth-order valence-corrected chi connectivity index (χ4v) is 3.96. The molecule has 0 saturated heterocycles. The molecule has 3 amide bonds. The summed E-state index contributed by atoms with van der Waals surface area (Å²) in [5.41, 5.74) is 3.74. The van der Waals surface area contributed by atoms with Gasteiger partial charge in [0, 0.05) is 22.8 Å². The minimum Gasteiger partial charge on any atom is -0.375 e. The van der Waals surface area contributed by atoms with Gasteiger partial charge in [0.2, 0.25) is 0 Å². The summed E-state index contributed by atoms with van der Waals surface area (Å²) in [5.74, 6) is -1.30. The quantitative estimate of drug-likeness (QED) is 0.453. The second-order valence-corrected chi connectivity index (χ2v) is 8.58. The van der Waals surface area contributed by atoms with Crippen LogP contribution in [0.3, 0.4) is 0 Å². The van der Waals surface area contributed by atoms with Crippen LogP contribution >= 0.6 is 23.2 Å². The Morgan fingerprint density at radius 2 is 1.56 bits per heavy atom. The fraction of sp³-hybridized carbons (Fsp3) is 0.115. The first-order valence-electron chi connectivity index (χ1n) is 10.5. The number of hydrogen-bond acceptors (Lipinski definition) is 4. The standard InChI is InChI=1S/C26H21Cl2N3O3/c1-16-6-2-5-9-21(16)30-24(32)18-12-10-17(11-13-18)14-29-23-22(28)25(33)31(26(23)34)15-19-7-3-4-8-20(19)27/h2-13,29H,14-15H2,1H3,(H,30,32). The highest BCUT2D eigenvalue weighted by molar-refractivity contribution is 6.47. The summed E-state index contributed by atoms with van der Waals surface area (Å²) in [4.78, 5) is 38.9. The number of nitrogens with one attached hydrogen (secondary N) is 2. The lowest BCUT2D eigenvalue weighted by atomic mass is 10.1. The molecule has 34 heavy (non-hydrogen) atoms. The van der Waals surface area contributed by atoms with Gasteiger partial charge in [-0.2, -0.15) is 0 Å². The molecule has 1 aliphatic heterocycles. The first-order valence-corrected chi connectivity index (χ1v) is 11.3. The molecule has 0 atom stereocenters. The van der Waals surface area contributed by atoms with E-state index in [0.29, 0.717) is 16.1 Å². The zero-order valence-corrected chi connectivity index (χ0v) is 19.8. The number of rotatable bonds is 7. The van der Waals surface area contributed by atoms with E-state index in [1.807, 2.05) is 31.2 Å². The second-order valence-electron chi connectivity index (χ2n) is 7.80. The molecular weight excluding hydrogens is 473 g/mol. The third-order valence-corrected chi connectivity index (χ3v) is 6.20. The lowest BCUT2D eigenvalue weighted by Crippen LogP contribution is -2.33. The van der Waals surface area contributed by atoms with E-state index >= 15 is 0 Å². The van der Waals surface area contributed by atoms with Gasteiger partial charge >= 0.3 is 0 Å². The average molecular weight is 494 g/mol. The smallest absolute Gasteiger partial charge is 0.278 e. The number of aryl methyl sites for hydroxylation is 1.